The zero-order valence-electron chi connectivity index (χ0n) is 17.2. The number of likely N-dealkylation sites (N-methyl/N-ethyl adjacent to an activating group) is 1. The molecular weight excluding hydrogens is 380 g/mol. The molecule has 3 aromatic rings. The van der Waals surface area contributed by atoms with Crippen molar-refractivity contribution >= 4 is 11.7 Å². The zero-order chi connectivity index (χ0) is 21.1. The van der Waals surface area contributed by atoms with Crippen LogP contribution in [0.15, 0.2) is 55.0 Å². The molecule has 4 rings (SSSR count). The van der Waals surface area contributed by atoms with Gasteiger partial charge in [-0.25, -0.2) is 4.98 Å². The number of rotatable bonds is 6. The molecule has 1 aromatic carbocycles. The fourth-order valence-electron chi connectivity index (χ4n) is 3.74. The number of likely N-dealkylation sites (tertiary alicyclic amines) is 1. The summed E-state index contributed by atoms with van der Waals surface area (Å²) in [6, 6.07) is 11.8. The molecule has 3 heterocycles. The van der Waals surface area contributed by atoms with Crippen molar-refractivity contribution in [3.63, 3.8) is 0 Å². The summed E-state index contributed by atoms with van der Waals surface area (Å²) in [7, 11) is 3.89. The highest BCUT2D eigenvalue weighted by molar-refractivity contribution is 5.99. The summed E-state index contributed by atoms with van der Waals surface area (Å²) in [6.45, 7) is 1.33. The molecule has 2 aromatic heterocycles. The molecule has 0 spiro atoms. The standard InChI is InChI=1S/C22H26N6O2/c1-27-13-17(9-18(27)14-30-19-6-4-3-5-7-19)26-22(29)20-8-15(10-24-21(20)23)16-11-25-28(2)12-16/h3-8,10-12,17-18H,9,13-14H2,1-2H3,(H2,23,24)(H,26,29)/t17-,18-/m0/s1. The van der Waals surface area contributed by atoms with E-state index in [-0.39, 0.29) is 23.8 Å². The molecule has 0 radical (unpaired) electrons. The van der Waals surface area contributed by atoms with E-state index in [4.69, 9.17) is 10.5 Å². The van der Waals surface area contributed by atoms with Gasteiger partial charge in [0.25, 0.3) is 5.91 Å². The third-order valence-electron chi connectivity index (χ3n) is 5.41. The highest BCUT2D eigenvalue weighted by atomic mass is 16.5. The Balaban J connectivity index is 1.39. The number of amides is 1. The number of ether oxygens (including phenoxy) is 1. The smallest absolute Gasteiger partial charge is 0.255 e. The average molecular weight is 406 g/mol. The van der Waals surface area contributed by atoms with Crippen molar-refractivity contribution in [1.82, 2.24) is 25.0 Å². The highest BCUT2D eigenvalue weighted by Gasteiger charge is 2.31. The van der Waals surface area contributed by atoms with Gasteiger partial charge in [0.15, 0.2) is 0 Å². The SMILES string of the molecule is CN1C[C@@H](NC(=O)c2cc(-c3cnn(C)c3)cnc2N)C[C@H]1COc1ccccc1. The van der Waals surface area contributed by atoms with E-state index in [2.05, 4.69) is 20.3 Å². The number of nitrogens with zero attached hydrogens (tertiary/aromatic N) is 4. The van der Waals surface area contributed by atoms with Crippen LogP contribution in [0.4, 0.5) is 5.82 Å². The lowest BCUT2D eigenvalue weighted by Gasteiger charge is -2.19. The van der Waals surface area contributed by atoms with Gasteiger partial charge < -0.3 is 15.8 Å². The van der Waals surface area contributed by atoms with Crippen molar-refractivity contribution < 1.29 is 9.53 Å². The van der Waals surface area contributed by atoms with E-state index in [9.17, 15) is 4.79 Å². The number of aryl methyl sites for hydroxylation is 1. The number of aromatic nitrogens is 3. The predicted molar refractivity (Wildman–Crippen MR) is 115 cm³/mol. The summed E-state index contributed by atoms with van der Waals surface area (Å²) in [5.74, 6) is 0.855. The number of hydrogen-bond acceptors (Lipinski definition) is 6. The van der Waals surface area contributed by atoms with Crippen molar-refractivity contribution in [1.29, 1.82) is 0 Å². The van der Waals surface area contributed by atoms with Gasteiger partial charge in [-0.05, 0) is 31.7 Å². The Morgan fingerprint density at radius 3 is 2.77 bits per heavy atom. The number of nitrogens with two attached hydrogens (primary N) is 1. The van der Waals surface area contributed by atoms with Crippen LogP contribution in [0, 0.1) is 0 Å². The van der Waals surface area contributed by atoms with Crippen molar-refractivity contribution in [3.8, 4) is 16.9 Å². The molecule has 2 atom stereocenters. The van der Waals surface area contributed by atoms with Crippen molar-refractivity contribution in [2.24, 2.45) is 7.05 Å². The molecule has 1 saturated heterocycles. The fourth-order valence-corrected chi connectivity index (χ4v) is 3.74. The van der Waals surface area contributed by atoms with Crippen LogP contribution in [0.2, 0.25) is 0 Å². The Hall–Kier alpha value is -3.39. The Labute approximate surface area is 175 Å². The second-order valence-electron chi connectivity index (χ2n) is 7.68. The van der Waals surface area contributed by atoms with E-state index >= 15 is 0 Å². The maximum Gasteiger partial charge on any atom is 0.255 e. The number of carbonyl (C=O) groups excluding carboxylic acids is 1. The van der Waals surface area contributed by atoms with Crippen molar-refractivity contribution in [2.45, 2.75) is 18.5 Å². The Morgan fingerprint density at radius 1 is 1.23 bits per heavy atom. The summed E-state index contributed by atoms with van der Waals surface area (Å²) in [5.41, 5.74) is 8.06. The summed E-state index contributed by atoms with van der Waals surface area (Å²) in [6.07, 6.45) is 6.07. The Morgan fingerprint density at radius 2 is 2.03 bits per heavy atom. The van der Waals surface area contributed by atoms with E-state index in [0.29, 0.717) is 12.2 Å². The molecule has 1 aliphatic heterocycles. The zero-order valence-corrected chi connectivity index (χ0v) is 17.2. The lowest BCUT2D eigenvalue weighted by Crippen LogP contribution is -2.36. The number of benzene rings is 1. The predicted octanol–water partition coefficient (Wildman–Crippen LogP) is 1.95. The number of hydrogen-bond donors (Lipinski definition) is 2. The molecule has 1 amide bonds. The number of pyridine rings is 1. The number of para-hydroxylation sites is 1. The minimum absolute atomic E-state index is 0.0216. The van der Waals surface area contributed by atoms with Gasteiger partial charge in [0.2, 0.25) is 0 Å². The molecule has 1 aliphatic rings. The topological polar surface area (TPSA) is 98.3 Å². The quantitative estimate of drug-likeness (QED) is 0.649. The number of nitrogen functional groups attached to an aromatic ring is 1. The van der Waals surface area contributed by atoms with Gasteiger partial charge in [-0.15, -0.1) is 0 Å². The lowest BCUT2D eigenvalue weighted by molar-refractivity contribution is 0.0939. The molecule has 0 saturated carbocycles. The first-order valence-corrected chi connectivity index (χ1v) is 9.93. The van der Waals surface area contributed by atoms with Gasteiger partial charge in [0.05, 0.1) is 11.8 Å². The summed E-state index contributed by atoms with van der Waals surface area (Å²) < 4.78 is 7.60. The highest BCUT2D eigenvalue weighted by Crippen LogP contribution is 2.23. The number of carbonyl (C=O) groups is 1. The van der Waals surface area contributed by atoms with Crippen LogP contribution in [0.25, 0.3) is 11.1 Å². The molecule has 1 fully saturated rings. The van der Waals surface area contributed by atoms with Gasteiger partial charge in [0, 0.05) is 49.2 Å². The second-order valence-corrected chi connectivity index (χ2v) is 7.68. The number of nitrogens with one attached hydrogen (secondary N) is 1. The summed E-state index contributed by atoms with van der Waals surface area (Å²) in [4.78, 5) is 19.3. The largest absolute Gasteiger partial charge is 0.492 e. The van der Waals surface area contributed by atoms with Crippen LogP contribution < -0.4 is 15.8 Å². The molecule has 8 nitrogen and oxygen atoms in total. The maximum atomic E-state index is 12.9. The third kappa shape index (κ3) is 4.44. The number of anilines is 1. The molecule has 3 N–H and O–H groups in total. The van der Waals surface area contributed by atoms with E-state index in [0.717, 1.165) is 29.8 Å². The average Bonchev–Trinajstić information content (AvgIpc) is 3.32. The first-order chi connectivity index (χ1) is 14.5. The molecule has 0 bridgehead atoms. The van der Waals surface area contributed by atoms with Crippen LogP contribution in [0.1, 0.15) is 16.8 Å². The van der Waals surface area contributed by atoms with E-state index in [1.165, 1.54) is 0 Å². The molecule has 0 aliphatic carbocycles. The maximum absolute atomic E-state index is 12.9. The van der Waals surface area contributed by atoms with Crippen LogP contribution in [0.5, 0.6) is 5.75 Å². The Bertz CT molecular complexity index is 1020. The fraction of sp³-hybridized carbons (Fsp3) is 0.318. The van der Waals surface area contributed by atoms with Crippen LogP contribution in [-0.4, -0.2) is 57.9 Å². The van der Waals surface area contributed by atoms with Crippen molar-refractivity contribution in [2.75, 3.05) is 25.9 Å². The molecule has 0 unspecified atom stereocenters. The molecule has 8 heteroatoms. The van der Waals surface area contributed by atoms with E-state index in [1.807, 2.05) is 50.6 Å². The first-order valence-electron chi connectivity index (χ1n) is 9.93. The second kappa shape index (κ2) is 8.54. The minimum Gasteiger partial charge on any atom is -0.492 e. The minimum atomic E-state index is -0.214. The van der Waals surface area contributed by atoms with Crippen LogP contribution >= 0.6 is 0 Å². The van der Waals surface area contributed by atoms with Gasteiger partial charge in [-0.2, -0.15) is 5.10 Å². The van der Waals surface area contributed by atoms with Gasteiger partial charge >= 0.3 is 0 Å². The van der Waals surface area contributed by atoms with Gasteiger partial charge in [-0.1, -0.05) is 18.2 Å². The van der Waals surface area contributed by atoms with Crippen molar-refractivity contribution in [3.05, 3.63) is 60.6 Å². The molecular formula is C22H26N6O2. The molecule has 156 valence electrons. The van der Waals surface area contributed by atoms with Crippen LogP contribution in [-0.2, 0) is 7.05 Å². The Kier molecular flexibility index (Phi) is 5.67. The monoisotopic (exact) mass is 406 g/mol. The first kappa shape index (κ1) is 19.9. The van der Waals surface area contributed by atoms with Crippen LogP contribution in [0.3, 0.4) is 0 Å². The molecule has 30 heavy (non-hydrogen) atoms. The van der Waals surface area contributed by atoms with Gasteiger partial charge in [0.1, 0.15) is 18.2 Å². The van der Waals surface area contributed by atoms with Gasteiger partial charge in [-0.3, -0.25) is 14.4 Å². The van der Waals surface area contributed by atoms with E-state index < -0.39 is 0 Å². The van der Waals surface area contributed by atoms with E-state index in [1.54, 1.807) is 23.1 Å². The third-order valence-corrected chi connectivity index (χ3v) is 5.41. The lowest BCUT2D eigenvalue weighted by atomic mass is 10.1. The normalized spacial score (nSPS) is 19.0. The summed E-state index contributed by atoms with van der Waals surface area (Å²) in [5, 5.41) is 7.27. The summed E-state index contributed by atoms with van der Waals surface area (Å²) >= 11 is 0.